The van der Waals surface area contributed by atoms with Crippen molar-refractivity contribution >= 4 is 6.09 Å². The summed E-state index contributed by atoms with van der Waals surface area (Å²) < 4.78 is 30.5. The second-order valence-electron chi connectivity index (χ2n) is 4.73. The van der Waals surface area contributed by atoms with Gasteiger partial charge >= 0.3 is 6.09 Å². The number of alkyl carbamates (subject to hydrolysis) is 1. The lowest BCUT2D eigenvalue weighted by atomic mass is 10.1. The van der Waals surface area contributed by atoms with Crippen LogP contribution in [0.15, 0.2) is 18.2 Å². The number of halogens is 2. The Kier molecular flexibility index (Phi) is 4.04. The first kappa shape index (κ1) is 13.4. The van der Waals surface area contributed by atoms with E-state index in [4.69, 9.17) is 4.74 Å². The lowest BCUT2D eigenvalue weighted by molar-refractivity contribution is 0.131. The summed E-state index contributed by atoms with van der Waals surface area (Å²) in [6.45, 7) is 5.24. The molecule has 0 unspecified atom stereocenters. The molecule has 0 radical (unpaired) electrons. The van der Waals surface area contributed by atoms with Gasteiger partial charge < -0.3 is 10.1 Å². The molecule has 1 rings (SSSR count). The van der Waals surface area contributed by atoms with Gasteiger partial charge in [-0.2, -0.15) is 0 Å². The number of hydrogen-bond acceptors (Lipinski definition) is 2. The van der Waals surface area contributed by atoms with E-state index in [1.165, 1.54) is 0 Å². The van der Waals surface area contributed by atoms with E-state index >= 15 is 0 Å². The second-order valence-corrected chi connectivity index (χ2v) is 4.73. The minimum Gasteiger partial charge on any atom is -0.445 e. The van der Waals surface area contributed by atoms with Crippen LogP contribution in [0.3, 0.4) is 0 Å². The van der Waals surface area contributed by atoms with Gasteiger partial charge in [0.15, 0.2) is 0 Å². The summed E-state index contributed by atoms with van der Waals surface area (Å²) in [7, 11) is 0. The van der Waals surface area contributed by atoms with Crippen molar-refractivity contribution in [1.82, 2.24) is 5.32 Å². The van der Waals surface area contributed by atoms with Crippen LogP contribution in [0.1, 0.15) is 26.3 Å². The zero-order chi connectivity index (χ0) is 13.1. The molecule has 1 amide bonds. The fourth-order valence-electron chi connectivity index (χ4n) is 1.19. The maximum absolute atomic E-state index is 12.8. The van der Waals surface area contributed by atoms with Crippen molar-refractivity contribution < 1.29 is 18.3 Å². The molecule has 0 fully saturated rings. The zero-order valence-electron chi connectivity index (χ0n) is 10.0. The molecule has 17 heavy (non-hydrogen) atoms. The van der Waals surface area contributed by atoms with Crippen LogP contribution < -0.4 is 5.32 Å². The lowest BCUT2D eigenvalue weighted by Gasteiger charge is -2.19. The molecule has 1 aromatic carbocycles. The minimum atomic E-state index is -0.695. The summed E-state index contributed by atoms with van der Waals surface area (Å²) in [5.41, 5.74) is -0.142. The minimum absolute atomic E-state index is 0.170. The lowest BCUT2D eigenvalue weighted by Crippen LogP contribution is -2.40. The number of amides is 1. The molecule has 0 saturated carbocycles. The highest BCUT2D eigenvalue weighted by Crippen LogP contribution is 2.09. The van der Waals surface area contributed by atoms with Gasteiger partial charge in [-0.25, -0.2) is 13.6 Å². The van der Waals surface area contributed by atoms with Crippen LogP contribution in [0.25, 0.3) is 0 Å². The van der Waals surface area contributed by atoms with Crippen molar-refractivity contribution in [2.75, 3.05) is 0 Å². The predicted molar refractivity (Wildman–Crippen MR) is 59.4 cm³/mol. The number of nitrogens with one attached hydrogen (secondary N) is 1. The smallest absolute Gasteiger partial charge is 0.407 e. The van der Waals surface area contributed by atoms with Crippen molar-refractivity contribution in [3.8, 4) is 0 Å². The second kappa shape index (κ2) is 5.12. The summed E-state index contributed by atoms with van der Waals surface area (Å²) in [6.07, 6.45) is -0.623. The van der Waals surface area contributed by atoms with Gasteiger partial charge in [0.2, 0.25) is 0 Å². The fourth-order valence-corrected chi connectivity index (χ4v) is 1.19. The summed E-state index contributed by atoms with van der Waals surface area (Å²) in [5, 5.41) is 2.57. The van der Waals surface area contributed by atoms with Crippen molar-refractivity contribution in [3.63, 3.8) is 0 Å². The van der Waals surface area contributed by atoms with Gasteiger partial charge in [-0.1, -0.05) is 0 Å². The van der Waals surface area contributed by atoms with Crippen LogP contribution in [0, 0.1) is 11.6 Å². The summed E-state index contributed by atoms with van der Waals surface area (Å²) >= 11 is 0. The molecule has 1 aromatic rings. The van der Waals surface area contributed by atoms with Crippen molar-refractivity contribution in [2.45, 2.75) is 32.9 Å². The highest BCUT2D eigenvalue weighted by atomic mass is 19.1. The quantitative estimate of drug-likeness (QED) is 0.867. The van der Waals surface area contributed by atoms with Crippen molar-refractivity contribution in [1.29, 1.82) is 0 Å². The molecule has 0 bridgehead atoms. The van der Waals surface area contributed by atoms with Crippen LogP contribution in [-0.2, 0) is 11.3 Å². The molecule has 0 heterocycles. The fraction of sp³-hybridized carbons (Fsp3) is 0.417. The molecule has 5 heteroatoms. The Hall–Kier alpha value is -1.65. The largest absolute Gasteiger partial charge is 0.445 e. The SMILES string of the molecule is CC(C)(C)NC(=O)OCc1cc(F)cc(F)c1. The van der Waals surface area contributed by atoms with Gasteiger partial charge in [0.05, 0.1) is 0 Å². The molecule has 1 N–H and O–H groups in total. The predicted octanol–water partition coefficient (Wildman–Crippen LogP) is 2.99. The number of rotatable bonds is 2. The molecular weight excluding hydrogens is 228 g/mol. The third-order valence-electron chi connectivity index (χ3n) is 1.77. The Bertz CT molecular complexity index is 393. The van der Waals surface area contributed by atoms with E-state index in [1.807, 2.05) is 0 Å². The van der Waals surface area contributed by atoms with E-state index in [9.17, 15) is 13.6 Å². The van der Waals surface area contributed by atoms with Crippen LogP contribution >= 0.6 is 0 Å². The molecule has 0 aliphatic rings. The molecule has 0 spiro atoms. The standard InChI is InChI=1S/C12H15F2NO2/c1-12(2,3)15-11(16)17-7-8-4-9(13)6-10(14)5-8/h4-6H,7H2,1-3H3,(H,15,16). The van der Waals surface area contributed by atoms with Gasteiger partial charge in [-0.3, -0.25) is 0 Å². The molecule has 3 nitrogen and oxygen atoms in total. The van der Waals surface area contributed by atoms with E-state index in [0.29, 0.717) is 0 Å². The average Bonchev–Trinajstić information content (AvgIpc) is 2.10. The number of benzene rings is 1. The Morgan fingerprint density at radius 1 is 1.24 bits per heavy atom. The van der Waals surface area contributed by atoms with E-state index in [-0.39, 0.29) is 12.2 Å². The first-order valence-corrected chi connectivity index (χ1v) is 5.16. The van der Waals surface area contributed by atoms with Crippen molar-refractivity contribution in [3.05, 3.63) is 35.4 Å². The Morgan fingerprint density at radius 3 is 2.24 bits per heavy atom. The average molecular weight is 243 g/mol. The Labute approximate surface area is 98.8 Å². The van der Waals surface area contributed by atoms with Crippen LogP contribution in [0.2, 0.25) is 0 Å². The van der Waals surface area contributed by atoms with Gasteiger partial charge in [0.1, 0.15) is 18.2 Å². The van der Waals surface area contributed by atoms with Crippen molar-refractivity contribution in [2.24, 2.45) is 0 Å². The number of carbonyl (C=O) groups is 1. The topological polar surface area (TPSA) is 38.3 Å². The maximum atomic E-state index is 12.8. The highest BCUT2D eigenvalue weighted by Gasteiger charge is 2.14. The molecular formula is C12H15F2NO2. The van der Waals surface area contributed by atoms with E-state index in [0.717, 1.165) is 18.2 Å². The van der Waals surface area contributed by atoms with E-state index in [1.54, 1.807) is 20.8 Å². The maximum Gasteiger partial charge on any atom is 0.407 e. The normalized spacial score (nSPS) is 11.1. The van der Waals surface area contributed by atoms with E-state index < -0.39 is 23.3 Å². The first-order chi connectivity index (χ1) is 7.76. The number of hydrogen-bond donors (Lipinski definition) is 1. The molecule has 0 aromatic heterocycles. The molecule has 0 atom stereocenters. The monoisotopic (exact) mass is 243 g/mol. The number of carbonyl (C=O) groups excluding carboxylic acids is 1. The van der Waals surface area contributed by atoms with Gasteiger partial charge in [0, 0.05) is 11.6 Å². The highest BCUT2D eigenvalue weighted by molar-refractivity contribution is 5.68. The zero-order valence-corrected chi connectivity index (χ0v) is 10.0. The molecule has 0 aliphatic carbocycles. The first-order valence-electron chi connectivity index (χ1n) is 5.16. The summed E-state index contributed by atoms with van der Waals surface area (Å²) in [6, 6.07) is 3.00. The van der Waals surface area contributed by atoms with E-state index in [2.05, 4.69) is 5.32 Å². The summed E-state index contributed by atoms with van der Waals surface area (Å²) in [4.78, 5) is 11.3. The van der Waals surface area contributed by atoms with Crippen LogP contribution in [0.5, 0.6) is 0 Å². The number of ether oxygens (including phenoxy) is 1. The molecule has 0 saturated heterocycles. The van der Waals surface area contributed by atoms with Gasteiger partial charge in [-0.15, -0.1) is 0 Å². The van der Waals surface area contributed by atoms with Crippen LogP contribution in [0.4, 0.5) is 13.6 Å². The Morgan fingerprint density at radius 2 is 1.76 bits per heavy atom. The van der Waals surface area contributed by atoms with Crippen LogP contribution in [-0.4, -0.2) is 11.6 Å². The van der Waals surface area contributed by atoms with Gasteiger partial charge in [0.25, 0.3) is 0 Å². The third-order valence-corrected chi connectivity index (χ3v) is 1.77. The summed E-state index contributed by atoms with van der Waals surface area (Å²) in [5.74, 6) is -1.39. The Balaban J connectivity index is 2.53. The molecule has 0 aliphatic heterocycles. The molecule has 94 valence electrons. The third kappa shape index (κ3) is 5.29. The van der Waals surface area contributed by atoms with Gasteiger partial charge in [-0.05, 0) is 38.5 Å².